The number of carboxylic acid groups (broad SMARTS) is 1. The standard InChI is InChI=1S/C18H11BrClF3N2O4/c19-15-14(16(26)27)25(9-10-4-6-11(20)7-5-10)17(24-15)28-12-2-1-3-13(8-12)29-18(21,22)23/h1-8H,9H2,(H,26,27). The molecule has 1 aromatic heterocycles. The van der Waals surface area contributed by atoms with E-state index in [1.807, 2.05) is 0 Å². The Morgan fingerprint density at radius 3 is 2.45 bits per heavy atom. The number of nitrogens with zero attached hydrogens (tertiary/aromatic N) is 2. The highest BCUT2D eigenvalue weighted by molar-refractivity contribution is 9.10. The summed E-state index contributed by atoms with van der Waals surface area (Å²) in [4.78, 5) is 15.7. The molecule has 3 aromatic rings. The Morgan fingerprint density at radius 1 is 1.17 bits per heavy atom. The smallest absolute Gasteiger partial charge is 0.476 e. The molecule has 0 spiro atoms. The third kappa shape index (κ3) is 5.42. The van der Waals surface area contributed by atoms with Gasteiger partial charge in [-0.2, -0.15) is 4.98 Å². The number of carbonyl (C=O) groups is 1. The molecule has 0 atom stereocenters. The zero-order chi connectivity index (χ0) is 21.2. The fraction of sp³-hybridized carbons (Fsp3) is 0.111. The lowest BCUT2D eigenvalue weighted by Gasteiger charge is -2.12. The first-order valence-corrected chi connectivity index (χ1v) is 9.07. The molecule has 0 fully saturated rings. The van der Waals surface area contributed by atoms with Crippen molar-refractivity contribution in [3.05, 3.63) is 69.4 Å². The summed E-state index contributed by atoms with van der Waals surface area (Å²) < 4.78 is 48.0. The summed E-state index contributed by atoms with van der Waals surface area (Å²) >= 11 is 8.94. The quantitative estimate of drug-likeness (QED) is 0.476. The molecule has 0 aliphatic rings. The molecule has 6 nitrogen and oxygen atoms in total. The van der Waals surface area contributed by atoms with E-state index in [-0.39, 0.29) is 28.6 Å². The summed E-state index contributed by atoms with van der Waals surface area (Å²) in [6.07, 6.45) is -4.86. The van der Waals surface area contributed by atoms with Crippen molar-refractivity contribution in [1.29, 1.82) is 0 Å². The number of benzene rings is 2. The second-order valence-corrected chi connectivity index (χ2v) is 6.86. The van der Waals surface area contributed by atoms with Crippen LogP contribution in [0.15, 0.2) is 53.1 Å². The molecule has 3 rings (SSSR count). The van der Waals surface area contributed by atoms with Crippen LogP contribution < -0.4 is 9.47 Å². The van der Waals surface area contributed by atoms with E-state index in [0.29, 0.717) is 10.6 Å². The van der Waals surface area contributed by atoms with E-state index in [0.717, 1.165) is 12.1 Å². The Bertz CT molecular complexity index is 1040. The molecule has 0 unspecified atom stereocenters. The Kier molecular flexibility index (Phi) is 6.04. The van der Waals surface area contributed by atoms with Gasteiger partial charge in [0, 0.05) is 11.1 Å². The number of aromatic nitrogens is 2. The van der Waals surface area contributed by atoms with Gasteiger partial charge in [0.15, 0.2) is 5.69 Å². The number of alkyl halides is 3. The normalized spacial score (nSPS) is 11.3. The molecule has 0 aliphatic heterocycles. The number of ether oxygens (including phenoxy) is 2. The number of rotatable bonds is 6. The third-order valence-electron chi connectivity index (χ3n) is 3.59. The average Bonchev–Trinajstić information content (AvgIpc) is 2.91. The van der Waals surface area contributed by atoms with Gasteiger partial charge in [-0.25, -0.2) is 4.79 Å². The maximum Gasteiger partial charge on any atom is 0.573 e. The lowest BCUT2D eigenvalue weighted by Crippen LogP contribution is -2.17. The summed E-state index contributed by atoms with van der Waals surface area (Å²) in [5, 5.41) is 10.0. The van der Waals surface area contributed by atoms with Crippen LogP contribution in [0, 0.1) is 0 Å². The van der Waals surface area contributed by atoms with Gasteiger partial charge in [0.2, 0.25) is 0 Å². The maximum atomic E-state index is 12.4. The van der Waals surface area contributed by atoms with Crippen molar-refractivity contribution in [2.45, 2.75) is 12.9 Å². The van der Waals surface area contributed by atoms with Crippen molar-refractivity contribution in [3.63, 3.8) is 0 Å². The van der Waals surface area contributed by atoms with Crippen molar-refractivity contribution in [1.82, 2.24) is 9.55 Å². The Labute approximate surface area is 175 Å². The van der Waals surface area contributed by atoms with Crippen molar-refractivity contribution < 1.29 is 32.5 Å². The summed E-state index contributed by atoms with van der Waals surface area (Å²) in [5.41, 5.74) is 0.526. The minimum atomic E-state index is -4.86. The van der Waals surface area contributed by atoms with Crippen LogP contribution in [-0.4, -0.2) is 27.0 Å². The van der Waals surface area contributed by atoms with Crippen LogP contribution in [0.2, 0.25) is 5.02 Å². The number of hydrogen-bond acceptors (Lipinski definition) is 4. The van der Waals surface area contributed by atoms with Crippen LogP contribution in [0.25, 0.3) is 0 Å². The van der Waals surface area contributed by atoms with E-state index >= 15 is 0 Å². The van der Waals surface area contributed by atoms with Crippen LogP contribution >= 0.6 is 27.5 Å². The molecule has 0 amide bonds. The fourth-order valence-corrected chi connectivity index (χ4v) is 3.11. The van der Waals surface area contributed by atoms with Gasteiger partial charge in [-0.1, -0.05) is 29.8 Å². The van der Waals surface area contributed by atoms with Crippen LogP contribution in [0.4, 0.5) is 13.2 Å². The van der Waals surface area contributed by atoms with Gasteiger partial charge in [-0.05, 0) is 45.8 Å². The van der Waals surface area contributed by atoms with Crippen LogP contribution in [0.1, 0.15) is 16.1 Å². The average molecular weight is 492 g/mol. The Balaban J connectivity index is 1.95. The highest BCUT2D eigenvalue weighted by Gasteiger charge is 2.31. The minimum absolute atomic E-state index is 0.0108. The van der Waals surface area contributed by atoms with Crippen LogP contribution in [0.3, 0.4) is 0 Å². The topological polar surface area (TPSA) is 73.6 Å². The number of hydrogen-bond donors (Lipinski definition) is 1. The molecule has 0 aliphatic carbocycles. The van der Waals surface area contributed by atoms with Gasteiger partial charge in [0.1, 0.15) is 16.1 Å². The van der Waals surface area contributed by atoms with Crippen molar-refractivity contribution >= 4 is 33.5 Å². The van der Waals surface area contributed by atoms with E-state index in [9.17, 15) is 23.1 Å². The third-order valence-corrected chi connectivity index (χ3v) is 4.40. The largest absolute Gasteiger partial charge is 0.573 e. The zero-order valence-electron chi connectivity index (χ0n) is 14.3. The molecule has 2 aromatic carbocycles. The number of halogens is 5. The first-order valence-electron chi connectivity index (χ1n) is 7.90. The lowest BCUT2D eigenvalue weighted by molar-refractivity contribution is -0.274. The SMILES string of the molecule is O=C(O)c1c(Br)nc(Oc2cccc(OC(F)(F)F)c2)n1Cc1ccc(Cl)cc1. The summed E-state index contributed by atoms with van der Waals surface area (Å²) in [7, 11) is 0. The lowest BCUT2D eigenvalue weighted by atomic mass is 10.2. The minimum Gasteiger partial charge on any atom is -0.476 e. The van der Waals surface area contributed by atoms with E-state index in [4.69, 9.17) is 16.3 Å². The van der Waals surface area contributed by atoms with E-state index in [1.165, 1.54) is 16.7 Å². The number of aromatic carboxylic acids is 1. The molecule has 152 valence electrons. The van der Waals surface area contributed by atoms with E-state index in [2.05, 4.69) is 25.7 Å². The second kappa shape index (κ2) is 8.34. The first kappa shape index (κ1) is 21.0. The predicted molar refractivity (Wildman–Crippen MR) is 101 cm³/mol. The van der Waals surface area contributed by atoms with Crippen molar-refractivity contribution in [3.8, 4) is 17.5 Å². The Hall–Kier alpha value is -2.72. The highest BCUT2D eigenvalue weighted by atomic mass is 79.9. The molecule has 0 saturated heterocycles. The first-order chi connectivity index (χ1) is 13.6. The number of imidazole rings is 1. The van der Waals surface area contributed by atoms with Gasteiger partial charge in [-0.15, -0.1) is 13.2 Å². The molecule has 0 radical (unpaired) electrons. The Morgan fingerprint density at radius 2 is 1.83 bits per heavy atom. The van der Waals surface area contributed by atoms with Gasteiger partial charge in [-0.3, -0.25) is 4.57 Å². The molecular weight excluding hydrogens is 481 g/mol. The van der Waals surface area contributed by atoms with Gasteiger partial charge in [0.05, 0.1) is 6.54 Å². The molecule has 11 heteroatoms. The van der Waals surface area contributed by atoms with E-state index < -0.39 is 18.1 Å². The van der Waals surface area contributed by atoms with Gasteiger partial charge < -0.3 is 14.6 Å². The van der Waals surface area contributed by atoms with Crippen LogP contribution in [-0.2, 0) is 6.54 Å². The fourth-order valence-electron chi connectivity index (χ4n) is 2.45. The predicted octanol–water partition coefficient (Wildman–Crippen LogP) is 5.74. The monoisotopic (exact) mass is 490 g/mol. The van der Waals surface area contributed by atoms with Crippen molar-refractivity contribution in [2.24, 2.45) is 0 Å². The molecule has 1 heterocycles. The number of carboxylic acids is 1. The van der Waals surface area contributed by atoms with Crippen molar-refractivity contribution in [2.75, 3.05) is 0 Å². The molecule has 1 N–H and O–H groups in total. The van der Waals surface area contributed by atoms with E-state index in [1.54, 1.807) is 24.3 Å². The summed E-state index contributed by atoms with van der Waals surface area (Å²) in [6, 6.07) is 11.4. The highest BCUT2D eigenvalue weighted by Crippen LogP contribution is 2.31. The summed E-state index contributed by atoms with van der Waals surface area (Å²) in [5.74, 6) is -1.76. The molecular formula is C18H11BrClF3N2O4. The molecule has 0 bridgehead atoms. The zero-order valence-corrected chi connectivity index (χ0v) is 16.6. The van der Waals surface area contributed by atoms with Gasteiger partial charge in [0.25, 0.3) is 0 Å². The summed E-state index contributed by atoms with van der Waals surface area (Å²) in [6.45, 7) is 0.0749. The molecule has 29 heavy (non-hydrogen) atoms. The maximum absolute atomic E-state index is 12.4. The van der Waals surface area contributed by atoms with Crippen LogP contribution in [0.5, 0.6) is 17.5 Å². The second-order valence-electron chi connectivity index (χ2n) is 5.68. The van der Waals surface area contributed by atoms with Gasteiger partial charge >= 0.3 is 18.3 Å². The molecule has 0 saturated carbocycles.